The number of nitrogens with zero attached hydrogens (tertiary/aromatic N) is 2. The number of methoxy groups -OCH3 is 1. The molecule has 2 aliphatic rings. The standard InChI is InChI=1S/C34H35ClN2O3/c1-40-32-10-5-9-29-30(34(39)25-7-3-2-4-8-25)22-36(33(29)32)17-6-18-37-27-15-16-28(37)20-23(19-27)21-31(38)24-11-13-26(35)14-12-24/h2-5,7-14,22-23,27-28H,6,15-21H2,1H3. The number of hydrogen-bond donors (Lipinski definition) is 0. The van der Waals surface area contributed by atoms with Crippen LogP contribution >= 0.6 is 11.6 Å². The van der Waals surface area contributed by atoms with Crippen molar-refractivity contribution in [2.45, 2.75) is 57.2 Å². The number of Topliss-reactive ketones (excluding diaryl/α,β-unsaturated/α-hetero) is 1. The number of carbonyl (C=O) groups excluding carboxylic acids is 2. The minimum absolute atomic E-state index is 0.0332. The summed E-state index contributed by atoms with van der Waals surface area (Å²) in [6, 6.07) is 23.8. The highest BCUT2D eigenvalue weighted by molar-refractivity contribution is 6.30. The largest absolute Gasteiger partial charge is 0.495 e. The van der Waals surface area contributed by atoms with Crippen LogP contribution in [-0.4, -0.2) is 46.8 Å². The molecule has 2 atom stereocenters. The molecule has 0 N–H and O–H groups in total. The number of benzene rings is 3. The average Bonchev–Trinajstić information content (AvgIpc) is 3.46. The van der Waals surface area contributed by atoms with E-state index in [1.807, 2.05) is 66.9 Å². The van der Waals surface area contributed by atoms with Crippen LogP contribution in [0.5, 0.6) is 5.75 Å². The van der Waals surface area contributed by atoms with Crippen LogP contribution < -0.4 is 4.74 Å². The van der Waals surface area contributed by atoms with Crippen molar-refractivity contribution in [2.75, 3.05) is 13.7 Å². The second-order valence-electron chi connectivity index (χ2n) is 11.2. The van der Waals surface area contributed by atoms with E-state index in [9.17, 15) is 9.59 Å². The SMILES string of the molecule is COc1cccc2c(C(=O)c3ccccc3)cn(CCCN3C4CCC3CC(CC(=O)c3ccc(Cl)cc3)C4)c12. The number of ketones is 2. The Balaban J connectivity index is 1.12. The van der Waals surface area contributed by atoms with Gasteiger partial charge >= 0.3 is 0 Å². The van der Waals surface area contributed by atoms with Gasteiger partial charge in [-0.05, 0) is 68.4 Å². The van der Waals surface area contributed by atoms with Crippen molar-refractivity contribution in [3.05, 3.63) is 101 Å². The van der Waals surface area contributed by atoms with Gasteiger partial charge in [-0.2, -0.15) is 0 Å². The van der Waals surface area contributed by atoms with E-state index < -0.39 is 0 Å². The maximum Gasteiger partial charge on any atom is 0.195 e. The van der Waals surface area contributed by atoms with Crippen molar-refractivity contribution in [3.8, 4) is 5.75 Å². The van der Waals surface area contributed by atoms with E-state index in [1.165, 1.54) is 12.8 Å². The van der Waals surface area contributed by atoms with E-state index >= 15 is 0 Å². The van der Waals surface area contributed by atoms with E-state index in [4.69, 9.17) is 16.3 Å². The van der Waals surface area contributed by atoms with Crippen LogP contribution in [0.3, 0.4) is 0 Å². The lowest BCUT2D eigenvalue weighted by Gasteiger charge is -2.39. The molecule has 40 heavy (non-hydrogen) atoms. The molecular weight excluding hydrogens is 520 g/mol. The maximum absolute atomic E-state index is 13.4. The zero-order valence-corrected chi connectivity index (χ0v) is 23.6. The van der Waals surface area contributed by atoms with Crippen LogP contribution in [0.15, 0.2) is 79.0 Å². The molecule has 0 radical (unpaired) electrons. The van der Waals surface area contributed by atoms with Gasteiger partial charge < -0.3 is 9.30 Å². The zero-order valence-electron chi connectivity index (χ0n) is 22.9. The number of hydrogen-bond acceptors (Lipinski definition) is 4. The normalized spacial score (nSPS) is 20.6. The first-order chi connectivity index (χ1) is 19.5. The smallest absolute Gasteiger partial charge is 0.195 e. The molecule has 5 nitrogen and oxygen atoms in total. The Bertz CT molecular complexity index is 1500. The summed E-state index contributed by atoms with van der Waals surface area (Å²) in [6.45, 7) is 1.83. The fourth-order valence-electron chi connectivity index (χ4n) is 6.95. The first-order valence-electron chi connectivity index (χ1n) is 14.3. The Morgan fingerprint density at radius 1 is 0.875 bits per heavy atom. The van der Waals surface area contributed by atoms with Gasteiger partial charge in [0.05, 0.1) is 12.6 Å². The molecule has 2 saturated heterocycles. The Hall–Kier alpha value is -3.41. The number of rotatable bonds is 10. The highest BCUT2D eigenvalue weighted by Gasteiger charge is 2.40. The average molecular weight is 555 g/mol. The molecule has 2 fully saturated rings. The molecule has 6 heteroatoms. The Kier molecular flexibility index (Phi) is 7.77. The number of piperidine rings is 1. The van der Waals surface area contributed by atoms with Crippen molar-refractivity contribution in [3.63, 3.8) is 0 Å². The van der Waals surface area contributed by atoms with E-state index in [1.54, 1.807) is 19.2 Å². The number of para-hydroxylation sites is 1. The summed E-state index contributed by atoms with van der Waals surface area (Å²) in [6.07, 6.45) is 8.22. The van der Waals surface area contributed by atoms with Crippen molar-refractivity contribution in [2.24, 2.45) is 5.92 Å². The number of aryl methyl sites for hydroxylation is 1. The Labute approximate surface area is 240 Å². The lowest BCUT2D eigenvalue weighted by Crippen LogP contribution is -2.43. The molecule has 0 saturated carbocycles. The minimum atomic E-state index is 0.0332. The number of halogens is 1. The quantitative estimate of drug-likeness (QED) is 0.191. The van der Waals surface area contributed by atoms with E-state index in [2.05, 4.69) is 9.47 Å². The van der Waals surface area contributed by atoms with Gasteiger partial charge in [-0.15, -0.1) is 0 Å². The van der Waals surface area contributed by atoms with Crippen molar-refractivity contribution < 1.29 is 14.3 Å². The van der Waals surface area contributed by atoms with Crippen molar-refractivity contribution in [1.29, 1.82) is 0 Å². The van der Waals surface area contributed by atoms with Gasteiger partial charge in [0.25, 0.3) is 0 Å². The molecule has 3 heterocycles. The van der Waals surface area contributed by atoms with E-state index in [0.717, 1.165) is 54.6 Å². The van der Waals surface area contributed by atoms with Crippen molar-refractivity contribution >= 4 is 34.1 Å². The number of ether oxygens (including phenoxy) is 1. The third-order valence-corrected chi connectivity index (χ3v) is 9.05. The molecular formula is C34H35ClN2O3. The van der Waals surface area contributed by atoms with Crippen LogP contribution in [0.4, 0.5) is 0 Å². The molecule has 206 valence electrons. The maximum atomic E-state index is 13.4. The molecule has 2 unspecified atom stereocenters. The molecule has 0 aliphatic carbocycles. The predicted molar refractivity (Wildman–Crippen MR) is 160 cm³/mol. The molecule has 0 spiro atoms. The fraction of sp³-hybridized carbons (Fsp3) is 0.353. The fourth-order valence-corrected chi connectivity index (χ4v) is 7.08. The summed E-state index contributed by atoms with van der Waals surface area (Å²) >= 11 is 6.00. The van der Waals surface area contributed by atoms with E-state index in [0.29, 0.717) is 40.6 Å². The summed E-state index contributed by atoms with van der Waals surface area (Å²) in [7, 11) is 1.68. The minimum Gasteiger partial charge on any atom is -0.495 e. The topological polar surface area (TPSA) is 51.5 Å². The predicted octanol–water partition coefficient (Wildman–Crippen LogP) is 7.44. The molecule has 4 aromatic rings. The van der Waals surface area contributed by atoms with Crippen LogP contribution in [0.1, 0.15) is 64.8 Å². The molecule has 3 aromatic carbocycles. The van der Waals surface area contributed by atoms with Crippen LogP contribution in [0.25, 0.3) is 10.9 Å². The van der Waals surface area contributed by atoms with Gasteiger partial charge in [-0.3, -0.25) is 14.5 Å². The number of fused-ring (bicyclic) bond motifs is 3. The first kappa shape index (κ1) is 26.8. The third kappa shape index (κ3) is 5.33. The van der Waals surface area contributed by atoms with Crippen LogP contribution in [-0.2, 0) is 6.54 Å². The second kappa shape index (κ2) is 11.6. The third-order valence-electron chi connectivity index (χ3n) is 8.80. The molecule has 2 bridgehead atoms. The monoisotopic (exact) mass is 554 g/mol. The van der Waals surface area contributed by atoms with Crippen LogP contribution in [0.2, 0.25) is 5.02 Å². The summed E-state index contributed by atoms with van der Waals surface area (Å²) in [5.74, 6) is 1.49. The van der Waals surface area contributed by atoms with Crippen molar-refractivity contribution in [1.82, 2.24) is 9.47 Å². The van der Waals surface area contributed by atoms with Gasteiger partial charge in [0.2, 0.25) is 0 Å². The number of carbonyl (C=O) groups is 2. The van der Waals surface area contributed by atoms with Crippen LogP contribution in [0, 0.1) is 5.92 Å². The summed E-state index contributed by atoms with van der Waals surface area (Å²) in [5, 5.41) is 1.59. The Morgan fingerprint density at radius 3 is 2.30 bits per heavy atom. The van der Waals surface area contributed by atoms with Gasteiger partial charge in [0, 0.05) is 64.9 Å². The molecule has 2 aliphatic heterocycles. The molecule has 6 rings (SSSR count). The summed E-state index contributed by atoms with van der Waals surface area (Å²) < 4.78 is 7.91. The number of aromatic nitrogens is 1. The summed E-state index contributed by atoms with van der Waals surface area (Å²) in [4.78, 5) is 29.0. The lowest BCUT2D eigenvalue weighted by atomic mass is 9.85. The molecule has 1 aromatic heterocycles. The van der Waals surface area contributed by atoms with Gasteiger partial charge in [-0.25, -0.2) is 0 Å². The molecule has 0 amide bonds. The highest BCUT2D eigenvalue weighted by atomic mass is 35.5. The Morgan fingerprint density at radius 2 is 1.60 bits per heavy atom. The van der Waals surface area contributed by atoms with Gasteiger partial charge in [0.1, 0.15) is 5.75 Å². The highest BCUT2D eigenvalue weighted by Crippen LogP contribution is 2.40. The van der Waals surface area contributed by atoms with Gasteiger partial charge in [-0.1, -0.05) is 54.1 Å². The first-order valence-corrected chi connectivity index (χ1v) is 14.7. The van der Waals surface area contributed by atoms with E-state index in [-0.39, 0.29) is 11.6 Å². The lowest BCUT2D eigenvalue weighted by molar-refractivity contribution is 0.0807. The summed E-state index contributed by atoms with van der Waals surface area (Å²) in [5.41, 5.74) is 3.15. The van der Waals surface area contributed by atoms with Gasteiger partial charge in [0.15, 0.2) is 11.6 Å². The zero-order chi connectivity index (χ0) is 27.6. The second-order valence-corrected chi connectivity index (χ2v) is 11.7.